The van der Waals surface area contributed by atoms with Gasteiger partial charge in [-0.15, -0.1) is 0 Å². The van der Waals surface area contributed by atoms with E-state index in [0.717, 1.165) is 4.47 Å². The molecule has 0 aliphatic carbocycles. The third kappa shape index (κ3) is 4.06. The summed E-state index contributed by atoms with van der Waals surface area (Å²) in [5.41, 5.74) is 6.62. The smallest absolute Gasteiger partial charge is 0.338 e. The third-order valence-electron chi connectivity index (χ3n) is 2.73. The first-order valence-electron chi connectivity index (χ1n) is 5.98. The van der Waals surface area contributed by atoms with Crippen LogP contribution < -0.4 is 5.73 Å². The summed E-state index contributed by atoms with van der Waals surface area (Å²) in [5.74, 6) is -0.901. The van der Waals surface area contributed by atoms with Gasteiger partial charge >= 0.3 is 5.97 Å². The van der Waals surface area contributed by atoms with Crippen LogP contribution in [0.3, 0.4) is 0 Å². The van der Waals surface area contributed by atoms with Crippen molar-refractivity contribution < 1.29 is 14.3 Å². The zero-order valence-electron chi connectivity index (χ0n) is 10.8. The molecule has 21 heavy (non-hydrogen) atoms. The second-order valence-electron chi connectivity index (χ2n) is 4.24. The fraction of sp³-hybridized carbons (Fsp3) is 0.0667. The second kappa shape index (κ2) is 6.74. The SMILES string of the molecule is Nc1cc(C(=O)OCC(=O)c2ccc(Br)cc2)ccc1Cl. The number of rotatable bonds is 4. The summed E-state index contributed by atoms with van der Waals surface area (Å²) in [5, 5.41) is 0.359. The summed E-state index contributed by atoms with van der Waals surface area (Å²) < 4.78 is 5.84. The molecule has 0 heterocycles. The van der Waals surface area contributed by atoms with Gasteiger partial charge in [-0.3, -0.25) is 4.79 Å². The Bertz CT molecular complexity index is 686. The molecule has 4 nitrogen and oxygen atoms in total. The molecule has 0 spiro atoms. The van der Waals surface area contributed by atoms with Gasteiger partial charge in [0.15, 0.2) is 12.4 Å². The van der Waals surface area contributed by atoms with Crippen molar-refractivity contribution in [2.75, 3.05) is 12.3 Å². The minimum Gasteiger partial charge on any atom is -0.454 e. The number of esters is 1. The lowest BCUT2D eigenvalue weighted by atomic mass is 10.1. The zero-order chi connectivity index (χ0) is 15.4. The fourth-order valence-electron chi connectivity index (χ4n) is 1.60. The number of benzene rings is 2. The lowest BCUT2D eigenvalue weighted by Gasteiger charge is -2.06. The van der Waals surface area contributed by atoms with Crippen LogP contribution in [0.15, 0.2) is 46.9 Å². The number of Topliss-reactive ketones (excluding diaryl/α,β-unsaturated/α-hetero) is 1. The summed E-state index contributed by atoms with van der Waals surface area (Å²) in [7, 11) is 0. The van der Waals surface area contributed by atoms with Gasteiger partial charge < -0.3 is 10.5 Å². The highest BCUT2D eigenvalue weighted by Gasteiger charge is 2.12. The molecule has 2 N–H and O–H groups in total. The summed E-state index contributed by atoms with van der Waals surface area (Å²) >= 11 is 9.05. The van der Waals surface area contributed by atoms with Crippen molar-refractivity contribution in [1.29, 1.82) is 0 Å². The van der Waals surface area contributed by atoms with Crippen molar-refractivity contribution in [2.24, 2.45) is 0 Å². The molecular formula is C15H11BrClNO3. The average Bonchev–Trinajstić information content (AvgIpc) is 2.48. The average molecular weight is 369 g/mol. The largest absolute Gasteiger partial charge is 0.454 e. The Morgan fingerprint density at radius 1 is 1.10 bits per heavy atom. The number of carbonyl (C=O) groups is 2. The van der Waals surface area contributed by atoms with Crippen molar-refractivity contribution in [1.82, 2.24) is 0 Å². The zero-order valence-corrected chi connectivity index (χ0v) is 13.1. The first-order valence-corrected chi connectivity index (χ1v) is 7.15. The maximum Gasteiger partial charge on any atom is 0.338 e. The lowest BCUT2D eigenvalue weighted by Crippen LogP contribution is -2.14. The van der Waals surface area contributed by atoms with Crippen molar-refractivity contribution in [2.45, 2.75) is 0 Å². The van der Waals surface area contributed by atoms with Crippen LogP contribution in [0, 0.1) is 0 Å². The van der Waals surface area contributed by atoms with Crippen LogP contribution in [-0.2, 0) is 4.74 Å². The van der Waals surface area contributed by atoms with Gasteiger partial charge in [-0.25, -0.2) is 4.79 Å². The number of carbonyl (C=O) groups excluding carboxylic acids is 2. The van der Waals surface area contributed by atoms with Crippen LogP contribution in [0.5, 0.6) is 0 Å². The number of hydrogen-bond acceptors (Lipinski definition) is 4. The molecule has 0 aliphatic rings. The first-order chi connectivity index (χ1) is 9.97. The molecule has 0 unspecified atom stereocenters. The molecule has 2 aromatic rings. The van der Waals surface area contributed by atoms with E-state index < -0.39 is 5.97 Å². The summed E-state index contributed by atoms with van der Waals surface area (Å²) in [4.78, 5) is 23.7. The van der Waals surface area contributed by atoms with E-state index in [9.17, 15) is 9.59 Å². The third-order valence-corrected chi connectivity index (χ3v) is 3.61. The van der Waals surface area contributed by atoms with E-state index in [-0.39, 0.29) is 23.6 Å². The molecule has 0 aromatic heterocycles. The van der Waals surface area contributed by atoms with Crippen LogP contribution in [0.1, 0.15) is 20.7 Å². The monoisotopic (exact) mass is 367 g/mol. The van der Waals surface area contributed by atoms with Gasteiger partial charge in [-0.2, -0.15) is 0 Å². The van der Waals surface area contributed by atoms with Gasteiger partial charge in [0.25, 0.3) is 0 Å². The molecule has 0 aliphatic heterocycles. The molecule has 0 atom stereocenters. The van der Waals surface area contributed by atoms with Crippen LogP contribution in [0.2, 0.25) is 5.02 Å². The Labute approximate surface area is 135 Å². The maximum absolute atomic E-state index is 11.9. The fourth-order valence-corrected chi connectivity index (χ4v) is 1.99. The van der Waals surface area contributed by atoms with Gasteiger partial charge in [0.1, 0.15) is 0 Å². The van der Waals surface area contributed by atoms with Gasteiger partial charge in [0.2, 0.25) is 0 Å². The van der Waals surface area contributed by atoms with E-state index in [0.29, 0.717) is 10.6 Å². The number of hydrogen-bond donors (Lipinski definition) is 1. The Hall–Kier alpha value is -1.85. The normalized spacial score (nSPS) is 10.2. The summed E-state index contributed by atoms with van der Waals surface area (Å²) in [6, 6.07) is 11.2. The predicted octanol–water partition coefficient (Wildman–Crippen LogP) is 3.72. The Balaban J connectivity index is 1.98. The molecule has 2 aromatic carbocycles. The molecule has 0 radical (unpaired) electrons. The van der Waals surface area contributed by atoms with Crippen LogP contribution in [-0.4, -0.2) is 18.4 Å². The van der Waals surface area contributed by atoms with Crippen LogP contribution >= 0.6 is 27.5 Å². The minimum atomic E-state index is -0.621. The highest BCUT2D eigenvalue weighted by molar-refractivity contribution is 9.10. The van der Waals surface area contributed by atoms with Crippen molar-refractivity contribution in [3.63, 3.8) is 0 Å². The van der Waals surface area contributed by atoms with Crippen LogP contribution in [0.25, 0.3) is 0 Å². The Morgan fingerprint density at radius 3 is 2.33 bits per heavy atom. The standard InChI is InChI=1S/C15H11BrClNO3/c16-11-4-1-9(2-5-11)14(19)8-21-15(20)10-3-6-12(17)13(18)7-10/h1-7H,8,18H2. The molecule has 0 fully saturated rings. The number of ether oxygens (including phenoxy) is 1. The van der Waals surface area contributed by atoms with Crippen LogP contribution in [0.4, 0.5) is 5.69 Å². The van der Waals surface area contributed by atoms with E-state index in [2.05, 4.69) is 15.9 Å². The lowest BCUT2D eigenvalue weighted by molar-refractivity contribution is 0.0475. The number of anilines is 1. The minimum absolute atomic E-state index is 0.250. The number of nitrogen functional groups attached to an aromatic ring is 1. The number of ketones is 1. The van der Waals surface area contributed by atoms with Crippen molar-refractivity contribution >= 4 is 45.0 Å². The second-order valence-corrected chi connectivity index (χ2v) is 5.57. The molecule has 0 bridgehead atoms. The quantitative estimate of drug-likeness (QED) is 0.507. The molecule has 0 saturated carbocycles. The molecular weight excluding hydrogens is 358 g/mol. The Morgan fingerprint density at radius 2 is 1.71 bits per heavy atom. The number of halogens is 2. The van der Waals surface area contributed by atoms with E-state index in [1.165, 1.54) is 18.2 Å². The molecule has 0 amide bonds. The summed E-state index contributed by atoms with van der Waals surface area (Å²) in [6.45, 7) is -0.330. The molecule has 0 saturated heterocycles. The predicted molar refractivity (Wildman–Crippen MR) is 84.6 cm³/mol. The summed E-state index contributed by atoms with van der Waals surface area (Å²) in [6.07, 6.45) is 0. The van der Waals surface area contributed by atoms with Crippen molar-refractivity contribution in [3.8, 4) is 0 Å². The number of nitrogens with two attached hydrogens (primary N) is 1. The molecule has 2 rings (SSSR count). The van der Waals surface area contributed by atoms with Crippen molar-refractivity contribution in [3.05, 3.63) is 63.1 Å². The van der Waals surface area contributed by atoms with E-state index in [4.69, 9.17) is 22.1 Å². The van der Waals surface area contributed by atoms with E-state index >= 15 is 0 Å². The molecule has 108 valence electrons. The van der Waals surface area contributed by atoms with Gasteiger partial charge in [0, 0.05) is 10.0 Å². The van der Waals surface area contributed by atoms with Gasteiger partial charge in [0.05, 0.1) is 16.3 Å². The van der Waals surface area contributed by atoms with Gasteiger partial charge in [-0.05, 0) is 30.3 Å². The Kier molecular flexibility index (Phi) is 4.98. The first kappa shape index (κ1) is 15.5. The maximum atomic E-state index is 11.9. The topological polar surface area (TPSA) is 69.4 Å². The highest BCUT2D eigenvalue weighted by Crippen LogP contribution is 2.20. The van der Waals surface area contributed by atoms with E-state index in [1.54, 1.807) is 24.3 Å². The van der Waals surface area contributed by atoms with Gasteiger partial charge in [-0.1, -0.05) is 39.7 Å². The highest BCUT2D eigenvalue weighted by atomic mass is 79.9. The van der Waals surface area contributed by atoms with E-state index in [1.807, 2.05) is 0 Å². The molecule has 6 heteroatoms.